The third-order valence-electron chi connectivity index (χ3n) is 4.40. The second-order valence-electron chi connectivity index (χ2n) is 6.07. The van der Waals surface area contributed by atoms with Gasteiger partial charge in [-0.2, -0.15) is 0 Å². The molecule has 1 heterocycles. The summed E-state index contributed by atoms with van der Waals surface area (Å²) in [4.78, 5) is 16.8. The van der Waals surface area contributed by atoms with E-state index in [1.54, 1.807) is 12.1 Å². The van der Waals surface area contributed by atoms with Crippen molar-refractivity contribution < 1.29 is 9.90 Å². The van der Waals surface area contributed by atoms with E-state index in [1.165, 1.54) is 12.8 Å². The second kappa shape index (κ2) is 6.03. The topological polar surface area (TPSA) is 69.8 Å². The number of benzene rings is 1. The number of piperazine rings is 1. The number of phenols is 1. The van der Waals surface area contributed by atoms with Crippen LogP contribution in [-0.2, 0) is 11.2 Å². The van der Waals surface area contributed by atoms with Gasteiger partial charge in [0.25, 0.3) is 0 Å². The fraction of sp³-hybridized carbons (Fsp3) is 0.562. The molecular formula is C16H23N3O2. The lowest BCUT2D eigenvalue weighted by atomic mass is 10.0. The van der Waals surface area contributed by atoms with Crippen molar-refractivity contribution in [1.29, 1.82) is 0 Å². The molecule has 0 unspecified atom stereocenters. The number of nitrogens with zero attached hydrogens (tertiary/aromatic N) is 2. The summed E-state index contributed by atoms with van der Waals surface area (Å²) < 4.78 is 0. The van der Waals surface area contributed by atoms with Crippen LogP contribution in [0, 0.1) is 0 Å². The minimum Gasteiger partial charge on any atom is -0.508 e. The molecule has 2 fully saturated rings. The van der Waals surface area contributed by atoms with Crippen LogP contribution in [0.3, 0.4) is 0 Å². The first kappa shape index (κ1) is 14.4. The molecule has 1 saturated carbocycles. The second-order valence-corrected chi connectivity index (χ2v) is 6.07. The maximum absolute atomic E-state index is 12.4. The quantitative estimate of drug-likeness (QED) is 0.850. The zero-order chi connectivity index (χ0) is 14.8. The molecule has 0 radical (unpaired) electrons. The molecule has 5 heteroatoms. The van der Waals surface area contributed by atoms with Crippen LogP contribution in [-0.4, -0.2) is 59.1 Å². The SMILES string of the molecule is N[C@H](Cc1ccc(O)cc1)C(=O)N1CCN(C2CC2)CC1. The van der Waals surface area contributed by atoms with Crippen LogP contribution in [0.2, 0.25) is 0 Å². The van der Waals surface area contributed by atoms with Crippen molar-refractivity contribution in [3.63, 3.8) is 0 Å². The zero-order valence-electron chi connectivity index (χ0n) is 12.2. The highest BCUT2D eigenvalue weighted by atomic mass is 16.3. The van der Waals surface area contributed by atoms with Crippen molar-refractivity contribution in [3.05, 3.63) is 29.8 Å². The Labute approximate surface area is 125 Å². The molecule has 1 aromatic carbocycles. The molecule has 0 spiro atoms. The van der Waals surface area contributed by atoms with E-state index in [4.69, 9.17) is 5.73 Å². The standard InChI is InChI=1S/C16H23N3O2/c17-15(11-12-1-5-14(20)6-2-12)16(21)19-9-7-18(8-10-19)13-3-4-13/h1-2,5-6,13,15,20H,3-4,7-11,17H2/t15-/m1/s1. The van der Waals surface area contributed by atoms with E-state index < -0.39 is 6.04 Å². The minimum absolute atomic E-state index is 0.0403. The normalized spacial score (nSPS) is 21.3. The zero-order valence-corrected chi connectivity index (χ0v) is 12.2. The molecule has 1 aliphatic heterocycles. The summed E-state index contributed by atoms with van der Waals surface area (Å²) in [5, 5.41) is 9.27. The van der Waals surface area contributed by atoms with E-state index in [9.17, 15) is 9.90 Å². The molecule has 2 aliphatic rings. The Bertz CT molecular complexity index is 491. The van der Waals surface area contributed by atoms with E-state index in [-0.39, 0.29) is 11.7 Å². The number of carbonyl (C=O) groups excluding carboxylic acids is 1. The largest absolute Gasteiger partial charge is 0.508 e. The van der Waals surface area contributed by atoms with Crippen molar-refractivity contribution in [2.24, 2.45) is 5.73 Å². The van der Waals surface area contributed by atoms with Crippen LogP contribution >= 0.6 is 0 Å². The smallest absolute Gasteiger partial charge is 0.239 e. The third kappa shape index (κ3) is 3.54. The molecule has 114 valence electrons. The molecule has 21 heavy (non-hydrogen) atoms. The van der Waals surface area contributed by atoms with Crippen LogP contribution in [0.4, 0.5) is 0 Å². The van der Waals surface area contributed by atoms with Gasteiger partial charge in [0.2, 0.25) is 5.91 Å². The number of hydrogen-bond acceptors (Lipinski definition) is 4. The van der Waals surface area contributed by atoms with Crippen LogP contribution in [0.15, 0.2) is 24.3 Å². The summed E-state index contributed by atoms with van der Waals surface area (Å²) in [5.74, 6) is 0.272. The van der Waals surface area contributed by atoms with Gasteiger partial charge in [-0.15, -0.1) is 0 Å². The van der Waals surface area contributed by atoms with Crippen molar-refractivity contribution in [2.75, 3.05) is 26.2 Å². The summed E-state index contributed by atoms with van der Waals surface area (Å²) in [5.41, 5.74) is 7.03. The number of amides is 1. The Balaban J connectivity index is 1.51. The van der Waals surface area contributed by atoms with Gasteiger partial charge in [-0.05, 0) is 37.0 Å². The maximum Gasteiger partial charge on any atom is 0.239 e. The lowest BCUT2D eigenvalue weighted by Gasteiger charge is -2.36. The average molecular weight is 289 g/mol. The van der Waals surface area contributed by atoms with Crippen LogP contribution < -0.4 is 5.73 Å². The van der Waals surface area contributed by atoms with Gasteiger partial charge >= 0.3 is 0 Å². The molecule has 1 saturated heterocycles. The van der Waals surface area contributed by atoms with Gasteiger partial charge < -0.3 is 15.7 Å². The summed E-state index contributed by atoms with van der Waals surface area (Å²) in [6.45, 7) is 3.53. The van der Waals surface area contributed by atoms with E-state index in [0.29, 0.717) is 6.42 Å². The first-order valence-electron chi connectivity index (χ1n) is 7.70. The fourth-order valence-electron chi connectivity index (χ4n) is 2.95. The predicted octanol–water partition coefficient (Wildman–Crippen LogP) is 0.569. The minimum atomic E-state index is -0.498. The van der Waals surface area contributed by atoms with Gasteiger partial charge in [0.05, 0.1) is 6.04 Å². The molecule has 5 nitrogen and oxygen atoms in total. The molecular weight excluding hydrogens is 266 g/mol. The Morgan fingerprint density at radius 1 is 1.19 bits per heavy atom. The average Bonchev–Trinajstić information content (AvgIpc) is 3.34. The summed E-state index contributed by atoms with van der Waals surface area (Å²) in [6, 6.07) is 7.15. The molecule has 0 aromatic heterocycles. The van der Waals surface area contributed by atoms with Gasteiger partial charge in [0, 0.05) is 32.2 Å². The maximum atomic E-state index is 12.4. The van der Waals surface area contributed by atoms with Crippen molar-refractivity contribution in [2.45, 2.75) is 31.3 Å². The van der Waals surface area contributed by atoms with Gasteiger partial charge in [-0.3, -0.25) is 9.69 Å². The van der Waals surface area contributed by atoms with Crippen LogP contribution in [0.25, 0.3) is 0 Å². The van der Waals surface area contributed by atoms with E-state index >= 15 is 0 Å². The molecule has 1 aliphatic carbocycles. The molecule has 3 rings (SSSR count). The Hall–Kier alpha value is -1.59. The Morgan fingerprint density at radius 3 is 2.38 bits per heavy atom. The van der Waals surface area contributed by atoms with Crippen molar-refractivity contribution in [3.8, 4) is 5.75 Å². The number of aromatic hydroxyl groups is 1. The van der Waals surface area contributed by atoms with Gasteiger partial charge in [-0.25, -0.2) is 0 Å². The highest BCUT2D eigenvalue weighted by Gasteiger charge is 2.33. The lowest BCUT2D eigenvalue weighted by Crippen LogP contribution is -2.54. The summed E-state index contributed by atoms with van der Waals surface area (Å²) >= 11 is 0. The molecule has 1 atom stereocenters. The van der Waals surface area contributed by atoms with Gasteiger partial charge in [-0.1, -0.05) is 12.1 Å². The number of hydrogen-bond donors (Lipinski definition) is 2. The number of rotatable bonds is 4. The number of carbonyl (C=O) groups is 1. The third-order valence-corrected chi connectivity index (χ3v) is 4.40. The molecule has 0 bridgehead atoms. The number of phenolic OH excluding ortho intramolecular Hbond substituents is 1. The van der Waals surface area contributed by atoms with Crippen molar-refractivity contribution in [1.82, 2.24) is 9.80 Å². The first-order chi connectivity index (χ1) is 10.1. The van der Waals surface area contributed by atoms with Crippen molar-refractivity contribution >= 4 is 5.91 Å². The monoisotopic (exact) mass is 289 g/mol. The highest BCUT2D eigenvalue weighted by molar-refractivity contribution is 5.82. The van der Waals surface area contributed by atoms with E-state index in [2.05, 4.69) is 4.90 Å². The molecule has 1 aromatic rings. The number of nitrogens with two attached hydrogens (primary N) is 1. The molecule has 1 amide bonds. The van der Waals surface area contributed by atoms with Crippen LogP contribution in [0.1, 0.15) is 18.4 Å². The van der Waals surface area contributed by atoms with E-state index in [1.807, 2.05) is 17.0 Å². The summed E-state index contributed by atoms with van der Waals surface area (Å²) in [6.07, 6.45) is 3.14. The van der Waals surface area contributed by atoms with Gasteiger partial charge in [0.15, 0.2) is 0 Å². The fourth-order valence-corrected chi connectivity index (χ4v) is 2.95. The first-order valence-corrected chi connectivity index (χ1v) is 7.70. The predicted molar refractivity (Wildman–Crippen MR) is 81.0 cm³/mol. The molecule has 3 N–H and O–H groups in total. The Morgan fingerprint density at radius 2 is 1.81 bits per heavy atom. The highest BCUT2D eigenvalue weighted by Crippen LogP contribution is 2.27. The van der Waals surface area contributed by atoms with E-state index in [0.717, 1.165) is 37.8 Å². The summed E-state index contributed by atoms with van der Waals surface area (Å²) in [7, 11) is 0. The Kier molecular flexibility index (Phi) is 4.12. The lowest BCUT2D eigenvalue weighted by molar-refractivity contribution is -0.134. The van der Waals surface area contributed by atoms with Gasteiger partial charge in [0.1, 0.15) is 5.75 Å². The van der Waals surface area contributed by atoms with Crippen LogP contribution in [0.5, 0.6) is 5.75 Å².